The molecule has 0 radical (unpaired) electrons. The molecule has 0 saturated carbocycles. The van der Waals surface area contributed by atoms with Crippen LogP contribution in [0, 0.1) is 5.95 Å². The molecule has 0 spiro atoms. The largest absolute Gasteiger partial charge is 0.481 e. The number of nitrogens with zero attached hydrogens (tertiary/aromatic N) is 4. The van der Waals surface area contributed by atoms with E-state index in [4.69, 9.17) is 9.72 Å². The summed E-state index contributed by atoms with van der Waals surface area (Å²) < 4.78 is 32.3. The highest BCUT2D eigenvalue weighted by Gasteiger charge is 2.28. The third-order valence-corrected chi connectivity index (χ3v) is 6.51. The van der Waals surface area contributed by atoms with Crippen LogP contribution in [0.2, 0.25) is 0 Å². The van der Waals surface area contributed by atoms with Crippen LogP contribution in [-0.2, 0) is 6.42 Å². The van der Waals surface area contributed by atoms with E-state index in [1.165, 1.54) is 11.6 Å². The van der Waals surface area contributed by atoms with Crippen molar-refractivity contribution in [1.82, 2.24) is 20.2 Å². The van der Waals surface area contributed by atoms with E-state index in [9.17, 15) is 13.6 Å². The van der Waals surface area contributed by atoms with Gasteiger partial charge in [0.2, 0.25) is 11.8 Å². The van der Waals surface area contributed by atoms with E-state index < -0.39 is 18.5 Å². The molecule has 9 heteroatoms. The Kier molecular flexibility index (Phi) is 7.72. The first-order valence-electron chi connectivity index (χ1n) is 11.8. The van der Waals surface area contributed by atoms with Crippen LogP contribution >= 0.6 is 0 Å². The fraction of sp³-hybridized carbons (Fsp3) is 0.480. The molecule has 2 aromatic heterocycles. The molecule has 1 aliphatic carbocycles. The predicted molar refractivity (Wildman–Crippen MR) is 127 cm³/mol. The Morgan fingerprint density at radius 3 is 2.65 bits per heavy atom. The van der Waals surface area contributed by atoms with Crippen molar-refractivity contribution in [3.8, 4) is 5.88 Å². The Balaban J connectivity index is 1.37. The second-order valence-electron chi connectivity index (χ2n) is 8.49. The first-order valence-corrected chi connectivity index (χ1v) is 11.8. The standard InChI is InChI=1S/C25H31F2N5O2/c1-3-17-5-7-20(30-25(17)34-2)18-4-6-19(16-18)31-12-14-32(15-13-31)22-9-8-21(29-23(22)27)24(33)28-11-10-26/h5,7-9,16,19H,3-4,6,10-15H2,1-2H3,(H,28,33). The summed E-state index contributed by atoms with van der Waals surface area (Å²) in [6, 6.07) is 7.56. The quantitative estimate of drug-likeness (QED) is 0.596. The molecule has 1 atom stereocenters. The molecule has 34 heavy (non-hydrogen) atoms. The molecule has 2 aliphatic rings. The lowest BCUT2D eigenvalue weighted by molar-refractivity contribution is 0.0944. The summed E-state index contributed by atoms with van der Waals surface area (Å²) in [5.74, 6) is -0.562. The highest BCUT2D eigenvalue weighted by Crippen LogP contribution is 2.32. The molecule has 1 N–H and O–H groups in total. The fourth-order valence-electron chi connectivity index (χ4n) is 4.63. The van der Waals surface area contributed by atoms with E-state index >= 15 is 0 Å². The molecule has 1 aliphatic heterocycles. The highest BCUT2D eigenvalue weighted by atomic mass is 19.1. The number of carbonyl (C=O) groups is 1. The van der Waals surface area contributed by atoms with Gasteiger partial charge in [-0.25, -0.2) is 14.4 Å². The number of aryl methyl sites for hydroxylation is 1. The number of nitrogens with one attached hydrogen (secondary N) is 1. The van der Waals surface area contributed by atoms with Gasteiger partial charge in [-0.1, -0.05) is 19.1 Å². The van der Waals surface area contributed by atoms with E-state index in [0.29, 0.717) is 30.7 Å². The van der Waals surface area contributed by atoms with Gasteiger partial charge in [-0.2, -0.15) is 4.39 Å². The number of allylic oxidation sites excluding steroid dienone is 1. The number of hydrogen-bond donors (Lipinski definition) is 1. The average molecular weight is 472 g/mol. The van der Waals surface area contributed by atoms with Gasteiger partial charge in [-0.05, 0) is 43.0 Å². The Labute approximate surface area is 198 Å². The second kappa shape index (κ2) is 10.9. The number of pyridine rings is 2. The van der Waals surface area contributed by atoms with Crippen molar-refractivity contribution in [2.24, 2.45) is 0 Å². The van der Waals surface area contributed by atoms with Gasteiger partial charge in [-0.3, -0.25) is 9.69 Å². The molecule has 1 fully saturated rings. The minimum absolute atomic E-state index is 0.0471. The summed E-state index contributed by atoms with van der Waals surface area (Å²) in [4.78, 5) is 24.8. The number of hydrogen-bond acceptors (Lipinski definition) is 6. The zero-order valence-electron chi connectivity index (χ0n) is 19.7. The van der Waals surface area contributed by atoms with Crippen LogP contribution in [0.3, 0.4) is 0 Å². The van der Waals surface area contributed by atoms with E-state index in [1.807, 2.05) is 4.90 Å². The molecule has 4 rings (SSSR count). The van der Waals surface area contributed by atoms with Gasteiger partial charge in [0.05, 0.1) is 18.5 Å². The third-order valence-electron chi connectivity index (χ3n) is 6.51. The van der Waals surface area contributed by atoms with Gasteiger partial charge in [0.1, 0.15) is 12.4 Å². The Hall–Kier alpha value is -3.07. The lowest BCUT2D eigenvalue weighted by Crippen LogP contribution is -2.49. The van der Waals surface area contributed by atoms with Crippen LogP contribution in [0.15, 0.2) is 30.3 Å². The number of methoxy groups -OCH3 is 1. The van der Waals surface area contributed by atoms with Crippen LogP contribution in [0.1, 0.15) is 41.5 Å². The third kappa shape index (κ3) is 5.19. The number of ether oxygens (including phenoxy) is 1. The lowest BCUT2D eigenvalue weighted by atomic mass is 10.1. The molecule has 0 aromatic carbocycles. The molecule has 3 heterocycles. The molecule has 7 nitrogen and oxygen atoms in total. The Morgan fingerprint density at radius 2 is 1.97 bits per heavy atom. The number of anilines is 1. The summed E-state index contributed by atoms with van der Waals surface area (Å²) in [5, 5.41) is 2.36. The number of carbonyl (C=O) groups excluding carboxylic acids is 1. The summed E-state index contributed by atoms with van der Waals surface area (Å²) >= 11 is 0. The van der Waals surface area contributed by atoms with Gasteiger partial charge >= 0.3 is 0 Å². The first-order chi connectivity index (χ1) is 16.5. The van der Waals surface area contributed by atoms with Crippen LogP contribution in [-0.4, -0.2) is 73.3 Å². The van der Waals surface area contributed by atoms with E-state index in [0.717, 1.165) is 43.6 Å². The fourth-order valence-corrected chi connectivity index (χ4v) is 4.63. The topological polar surface area (TPSA) is 70.6 Å². The maximum absolute atomic E-state index is 14.6. The van der Waals surface area contributed by atoms with E-state index in [1.54, 1.807) is 13.2 Å². The van der Waals surface area contributed by atoms with Crippen molar-refractivity contribution in [3.05, 3.63) is 53.2 Å². The van der Waals surface area contributed by atoms with Crippen molar-refractivity contribution in [2.75, 3.05) is 51.4 Å². The SMILES string of the molecule is CCc1ccc(C2=CC(N3CCN(c4ccc(C(=O)NCCF)nc4F)CC3)CC2)nc1OC. The van der Waals surface area contributed by atoms with Crippen LogP contribution in [0.25, 0.3) is 5.57 Å². The van der Waals surface area contributed by atoms with Crippen molar-refractivity contribution in [2.45, 2.75) is 32.2 Å². The minimum atomic E-state index is -0.681. The number of halogens is 2. The monoisotopic (exact) mass is 471 g/mol. The summed E-state index contributed by atoms with van der Waals surface area (Å²) in [7, 11) is 1.66. The van der Waals surface area contributed by atoms with Crippen molar-refractivity contribution in [3.63, 3.8) is 0 Å². The number of amides is 1. The average Bonchev–Trinajstić information content (AvgIpc) is 3.37. The Bertz CT molecular complexity index is 1050. The van der Waals surface area contributed by atoms with E-state index in [-0.39, 0.29) is 12.2 Å². The normalized spacial score (nSPS) is 18.6. The molecule has 0 bridgehead atoms. The maximum atomic E-state index is 14.6. The number of alkyl halides is 1. The van der Waals surface area contributed by atoms with Crippen LogP contribution < -0.4 is 15.0 Å². The smallest absolute Gasteiger partial charge is 0.270 e. The number of piperazine rings is 1. The number of aromatic nitrogens is 2. The molecule has 2 aromatic rings. The van der Waals surface area contributed by atoms with E-state index in [2.05, 4.69) is 40.3 Å². The zero-order valence-corrected chi connectivity index (χ0v) is 19.7. The lowest BCUT2D eigenvalue weighted by Gasteiger charge is -2.38. The molecular weight excluding hydrogens is 440 g/mol. The number of rotatable bonds is 8. The molecule has 182 valence electrons. The van der Waals surface area contributed by atoms with Crippen molar-refractivity contribution in [1.29, 1.82) is 0 Å². The van der Waals surface area contributed by atoms with Gasteiger partial charge in [0.15, 0.2) is 0 Å². The molecule has 1 unspecified atom stereocenters. The summed E-state index contributed by atoms with van der Waals surface area (Å²) in [6.07, 6.45) is 5.19. The van der Waals surface area contributed by atoms with Crippen molar-refractivity contribution >= 4 is 17.2 Å². The maximum Gasteiger partial charge on any atom is 0.270 e. The van der Waals surface area contributed by atoms with Gasteiger partial charge in [0, 0.05) is 44.3 Å². The summed E-state index contributed by atoms with van der Waals surface area (Å²) in [5.41, 5.74) is 3.66. The zero-order chi connectivity index (χ0) is 24.1. The minimum Gasteiger partial charge on any atom is -0.481 e. The van der Waals surface area contributed by atoms with Crippen molar-refractivity contribution < 1.29 is 18.3 Å². The predicted octanol–water partition coefficient (Wildman–Crippen LogP) is 3.25. The van der Waals surface area contributed by atoms with Crippen LogP contribution in [0.4, 0.5) is 14.5 Å². The molecule has 1 saturated heterocycles. The van der Waals surface area contributed by atoms with Crippen LogP contribution in [0.5, 0.6) is 5.88 Å². The highest BCUT2D eigenvalue weighted by molar-refractivity contribution is 5.92. The van der Waals surface area contributed by atoms with Gasteiger partial charge in [-0.15, -0.1) is 0 Å². The first kappa shape index (κ1) is 24.1. The van der Waals surface area contributed by atoms with Gasteiger partial charge < -0.3 is 15.0 Å². The molecular formula is C25H31F2N5O2. The summed E-state index contributed by atoms with van der Waals surface area (Å²) in [6.45, 7) is 4.24. The molecule has 1 amide bonds. The van der Waals surface area contributed by atoms with Gasteiger partial charge in [0.25, 0.3) is 5.91 Å². The Morgan fingerprint density at radius 1 is 1.18 bits per heavy atom. The second-order valence-corrected chi connectivity index (χ2v) is 8.49.